The number of benzene rings is 3. The highest BCUT2D eigenvalue weighted by Crippen LogP contribution is 2.19. The van der Waals surface area contributed by atoms with Crippen molar-refractivity contribution in [3.8, 4) is 5.75 Å². The van der Waals surface area contributed by atoms with Crippen LogP contribution >= 0.6 is 0 Å². The Hall–Kier alpha value is -2.56. The molecule has 3 aromatic rings. The zero-order chi connectivity index (χ0) is 16.8. The van der Waals surface area contributed by atoms with E-state index in [1.54, 1.807) is 0 Å². The number of nitrogens with two attached hydrogens (primary N) is 1. The van der Waals surface area contributed by atoms with Gasteiger partial charge in [0.1, 0.15) is 5.75 Å². The highest BCUT2D eigenvalue weighted by molar-refractivity contribution is 6.93. The topological polar surface area (TPSA) is 44.5 Å². The molecule has 4 heteroatoms. The molecule has 3 nitrogen and oxygen atoms in total. The van der Waals surface area contributed by atoms with Gasteiger partial charge in [0.25, 0.3) is 0 Å². The molecular weight excluding hydrogens is 314 g/mol. The van der Waals surface area contributed by atoms with Gasteiger partial charge >= 0.3 is 8.56 Å². The minimum atomic E-state index is -2.85. The van der Waals surface area contributed by atoms with Crippen molar-refractivity contribution in [2.24, 2.45) is 0 Å². The Balaban J connectivity index is 2.12. The van der Waals surface area contributed by atoms with Gasteiger partial charge in [0.2, 0.25) is 0 Å². The second kappa shape index (κ2) is 7.34. The van der Waals surface area contributed by atoms with Gasteiger partial charge in [-0.05, 0) is 31.2 Å². The van der Waals surface area contributed by atoms with E-state index in [1.807, 2.05) is 67.6 Å². The van der Waals surface area contributed by atoms with Crippen LogP contribution in [0, 0.1) is 0 Å². The van der Waals surface area contributed by atoms with Crippen LogP contribution in [0.15, 0.2) is 84.9 Å². The van der Waals surface area contributed by atoms with Crippen molar-refractivity contribution in [1.29, 1.82) is 0 Å². The van der Waals surface area contributed by atoms with Crippen LogP contribution in [0.5, 0.6) is 5.75 Å². The first kappa shape index (κ1) is 16.3. The van der Waals surface area contributed by atoms with Crippen LogP contribution in [-0.4, -0.2) is 15.2 Å². The molecule has 0 aliphatic heterocycles. The zero-order valence-electron chi connectivity index (χ0n) is 13.7. The lowest BCUT2D eigenvalue weighted by molar-refractivity contribution is 0.277. The molecule has 0 aliphatic carbocycles. The standard InChI is InChI=1S/C20H21NO2Si/c1-2-22-24(19-9-5-3-6-10-19,20-11-7-4-8-12-20)23-18-15-13-17(21)14-16-18/h3-16H,2,21H2,1H3. The second-order valence-electron chi connectivity index (χ2n) is 5.45. The van der Waals surface area contributed by atoms with E-state index < -0.39 is 8.56 Å². The van der Waals surface area contributed by atoms with Crippen LogP contribution < -0.4 is 20.5 Å². The summed E-state index contributed by atoms with van der Waals surface area (Å²) in [5.74, 6) is 0.761. The minimum Gasteiger partial charge on any atom is -0.514 e. The molecule has 0 saturated heterocycles. The van der Waals surface area contributed by atoms with Crippen molar-refractivity contribution in [2.75, 3.05) is 12.3 Å². The van der Waals surface area contributed by atoms with Gasteiger partial charge in [-0.25, -0.2) is 0 Å². The van der Waals surface area contributed by atoms with Crippen molar-refractivity contribution in [2.45, 2.75) is 6.92 Å². The van der Waals surface area contributed by atoms with Gasteiger partial charge in [-0.2, -0.15) is 0 Å². The summed E-state index contributed by atoms with van der Waals surface area (Å²) < 4.78 is 12.9. The van der Waals surface area contributed by atoms with Crippen LogP contribution in [0.4, 0.5) is 5.69 Å². The van der Waals surface area contributed by atoms with Gasteiger partial charge in [-0.15, -0.1) is 0 Å². The number of hydrogen-bond acceptors (Lipinski definition) is 3. The molecule has 0 saturated carbocycles. The lowest BCUT2D eigenvalue weighted by Crippen LogP contribution is -2.65. The fraction of sp³-hybridized carbons (Fsp3) is 0.100. The highest BCUT2D eigenvalue weighted by atomic mass is 28.4. The van der Waals surface area contributed by atoms with Crippen molar-refractivity contribution < 1.29 is 8.85 Å². The van der Waals surface area contributed by atoms with Crippen LogP contribution in [0.1, 0.15) is 6.92 Å². The maximum Gasteiger partial charge on any atom is 0.468 e. The molecule has 24 heavy (non-hydrogen) atoms. The predicted molar refractivity (Wildman–Crippen MR) is 101 cm³/mol. The van der Waals surface area contributed by atoms with Gasteiger partial charge in [-0.1, -0.05) is 60.7 Å². The molecule has 0 aromatic heterocycles. The fourth-order valence-corrected chi connectivity index (χ4v) is 5.80. The first-order chi connectivity index (χ1) is 11.7. The number of hydrogen-bond donors (Lipinski definition) is 1. The second-order valence-corrected chi connectivity index (χ2v) is 8.33. The van der Waals surface area contributed by atoms with E-state index >= 15 is 0 Å². The van der Waals surface area contributed by atoms with Crippen molar-refractivity contribution in [3.63, 3.8) is 0 Å². The summed E-state index contributed by atoms with van der Waals surface area (Å²) in [7, 11) is -2.85. The number of rotatable bonds is 6. The van der Waals surface area contributed by atoms with E-state index in [9.17, 15) is 0 Å². The Morgan fingerprint density at radius 2 is 1.25 bits per heavy atom. The van der Waals surface area contributed by atoms with Crippen LogP contribution in [0.2, 0.25) is 0 Å². The predicted octanol–water partition coefficient (Wildman–Crippen LogP) is 2.94. The molecule has 0 heterocycles. The lowest BCUT2D eigenvalue weighted by Gasteiger charge is -2.31. The van der Waals surface area contributed by atoms with Gasteiger partial charge in [0.15, 0.2) is 0 Å². The molecule has 3 rings (SSSR count). The van der Waals surface area contributed by atoms with Gasteiger partial charge in [0, 0.05) is 22.7 Å². The summed E-state index contributed by atoms with van der Waals surface area (Å²) in [6.07, 6.45) is 0. The highest BCUT2D eigenvalue weighted by Gasteiger charge is 2.44. The molecular formula is C20H21NO2Si. The monoisotopic (exact) mass is 335 g/mol. The molecule has 0 aliphatic rings. The number of nitrogen functional groups attached to an aromatic ring is 1. The maximum atomic E-state index is 6.53. The van der Waals surface area contributed by atoms with E-state index in [1.165, 1.54) is 0 Å². The Bertz CT molecular complexity index is 721. The minimum absolute atomic E-state index is 0.574. The molecule has 2 N–H and O–H groups in total. The maximum absolute atomic E-state index is 6.53. The van der Waals surface area contributed by atoms with Crippen molar-refractivity contribution in [3.05, 3.63) is 84.9 Å². The van der Waals surface area contributed by atoms with Crippen LogP contribution in [0.3, 0.4) is 0 Å². The Kier molecular flexibility index (Phi) is 4.98. The quantitative estimate of drug-likeness (QED) is 0.556. The van der Waals surface area contributed by atoms with Crippen LogP contribution in [-0.2, 0) is 4.43 Å². The third-order valence-corrected chi connectivity index (χ3v) is 7.20. The van der Waals surface area contributed by atoms with E-state index in [0.717, 1.165) is 16.1 Å². The van der Waals surface area contributed by atoms with Crippen molar-refractivity contribution in [1.82, 2.24) is 0 Å². The smallest absolute Gasteiger partial charge is 0.468 e. The molecule has 0 spiro atoms. The zero-order valence-corrected chi connectivity index (χ0v) is 14.7. The molecule has 0 radical (unpaired) electrons. The van der Waals surface area contributed by atoms with E-state index in [4.69, 9.17) is 14.6 Å². The largest absolute Gasteiger partial charge is 0.514 e. The summed E-state index contributed by atoms with van der Waals surface area (Å²) >= 11 is 0. The van der Waals surface area contributed by atoms with Crippen LogP contribution in [0.25, 0.3) is 0 Å². The summed E-state index contributed by atoms with van der Waals surface area (Å²) in [6.45, 7) is 2.57. The van der Waals surface area contributed by atoms with E-state index in [-0.39, 0.29) is 0 Å². The molecule has 0 amide bonds. The molecule has 3 aromatic carbocycles. The third kappa shape index (κ3) is 3.35. The average Bonchev–Trinajstić information content (AvgIpc) is 2.64. The average molecular weight is 335 g/mol. The summed E-state index contributed by atoms with van der Waals surface area (Å²) in [6, 6.07) is 27.9. The Morgan fingerprint density at radius 3 is 1.71 bits per heavy atom. The SMILES string of the molecule is CCO[Si](Oc1ccc(N)cc1)(c1ccccc1)c1ccccc1. The van der Waals surface area contributed by atoms with Gasteiger partial charge < -0.3 is 14.6 Å². The first-order valence-electron chi connectivity index (χ1n) is 8.04. The normalized spacial score (nSPS) is 11.2. The summed E-state index contributed by atoms with van der Waals surface area (Å²) in [4.78, 5) is 0. The Labute approximate surface area is 143 Å². The Morgan fingerprint density at radius 1 is 0.750 bits per heavy atom. The molecule has 122 valence electrons. The fourth-order valence-electron chi connectivity index (χ4n) is 2.70. The number of anilines is 1. The van der Waals surface area contributed by atoms with Crippen molar-refractivity contribution >= 4 is 24.6 Å². The van der Waals surface area contributed by atoms with Gasteiger partial charge in [0.05, 0.1) is 0 Å². The summed E-state index contributed by atoms with van der Waals surface area (Å²) in [5, 5.41) is 2.16. The molecule has 0 unspecified atom stereocenters. The molecule has 0 bridgehead atoms. The first-order valence-corrected chi connectivity index (χ1v) is 9.86. The molecule has 0 fully saturated rings. The van der Waals surface area contributed by atoms with Gasteiger partial charge in [-0.3, -0.25) is 0 Å². The van der Waals surface area contributed by atoms with E-state index in [0.29, 0.717) is 12.3 Å². The molecule has 0 atom stereocenters. The third-order valence-electron chi connectivity index (χ3n) is 3.80. The van der Waals surface area contributed by atoms with E-state index in [2.05, 4.69) is 24.3 Å². The lowest BCUT2D eigenvalue weighted by atomic mass is 10.3. The summed E-state index contributed by atoms with van der Waals surface area (Å²) in [5.41, 5.74) is 6.51.